The number of nitrogens with one attached hydrogen (secondary N) is 1. The maximum atomic E-state index is 11.6. The van der Waals surface area contributed by atoms with Gasteiger partial charge in [0.15, 0.2) is 0 Å². The van der Waals surface area contributed by atoms with E-state index in [-0.39, 0.29) is 17.0 Å². The van der Waals surface area contributed by atoms with Gasteiger partial charge >= 0.3 is 0 Å². The number of hydrogen-bond acceptors (Lipinski definition) is 4. The number of H-pyrrole nitrogens is 1. The van der Waals surface area contributed by atoms with E-state index in [1.165, 1.54) is 18.0 Å². The van der Waals surface area contributed by atoms with Crippen molar-refractivity contribution in [3.8, 4) is 5.88 Å². The van der Waals surface area contributed by atoms with Crippen LogP contribution in [0.4, 0.5) is 5.69 Å². The van der Waals surface area contributed by atoms with Gasteiger partial charge in [0.1, 0.15) is 11.0 Å². The van der Waals surface area contributed by atoms with Crippen molar-refractivity contribution in [1.29, 1.82) is 0 Å². The molecule has 0 aliphatic heterocycles. The molecule has 3 N–H and O–H groups in total. The molecule has 6 heteroatoms. The fourth-order valence-electron chi connectivity index (χ4n) is 1.37. The first-order valence-electron chi connectivity index (χ1n) is 4.03. The molecular weight excluding hydrogens is 184 g/mol. The highest BCUT2D eigenvalue weighted by atomic mass is 16.5. The third kappa shape index (κ3) is 0.968. The summed E-state index contributed by atoms with van der Waals surface area (Å²) in [4.78, 5) is 14.5. The first kappa shape index (κ1) is 8.61. The summed E-state index contributed by atoms with van der Waals surface area (Å²) in [6.07, 6.45) is 1.45. The van der Waals surface area contributed by atoms with Gasteiger partial charge in [-0.1, -0.05) is 0 Å². The standard InChI is InChI=1S/C8H10N4O2/c1-12-7-5(8(11-12)14-2)6(13)4(9)3-10-7/h3H,9H2,1-2H3,(H,10,13). The van der Waals surface area contributed by atoms with Crippen LogP contribution in [0.3, 0.4) is 0 Å². The molecule has 0 atom stereocenters. The Kier molecular flexibility index (Phi) is 1.70. The van der Waals surface area contributed by atoms with Crippen molar-refractivity contribution >= 4 is 16.7 Å². The smallest absolute Gasteiger partial charge is 0.246 e. The molecule has 2 heterocycles. The van der Waals surface area contributed by atoms with E-state index in [4.69, 9.17) is 10.5 Å². The molecule has 0 saturated heterocycles. The molecular formula is C8H10N4O2. The zero-order chi connectivity index (χ0) is 10.3. The van der Waals surface area contributed by atoms with Gasteiger partial charge in [-0.05, 0) is 0 Å². The van der Waals surface area contributed by atoms with Crippen molar-refractivity contribution in [3.05, 3.63) is 16.4 Å². The Hall–Kier alpha value is -1.98. The largest absolute Gasteiger partial charge is 0.479 e. The molecule has 0 unspecified atom stereocenters. The van der Waals surface area contributed by atoms with Gasteiger partial charge < -0.3 is 15.5 Å². The summed E-state index contributed by atoms with van der Waals surface area (Å²) in [7, 11) is 3.18. The maximum absolute atomic E-state index is 11.6. The zero-order valence-electron chi connectivity index (χ0n) is 7.87. The van der Waals surface area contributed by atoms with Crippen molar-refractivity contribution in [2.24, 2.45) is 7.05 Å². The zero-order valence-corrected chi connectivity index (χ0v) is 7.87. The lowest BCUT2D eigenvalue weighted by Crippen LogP contribution is -2.09. The number of aromatic nitrogens is 3. The number of aromatic amines is 1. The minimum absolute atomic E-state index is 0.156. The van der Waals surface area contributed by atoms with Crippen LogP contribution in [-0.2, 0) is 7.05 Å². The molecule has 2 rings (SSSR count). The first-order chi connectivity index (χ1) is 6.65. The number of ether oxygens (including phenoxy) is 1. The highest BCUT2D eigenvalue weighted by Gasteiger charge is 2.13. The highest BCUT2D eigenvalue weighted by Crippen LogP contribution is 2.19. The van der Waals surface area contributed by atoms with Gasteiger partial charge in [-0.3, -0.25) is 4.79 Å². The fraction of sp³-hybridized carbons (Fsp3) is 0.250. The predicted octanol–water partition coefficient (Wildman–Crippen LogP) is -0.148. The second-order valence-electron chi connectivity index (χ2n) is 2.93. The predicted molar refractivity (Wildman–Crippen MR) is 52.3 cm³/mol. The number of pyridine rings is 1. The van der Waals surface area contributed by atoms with Crippen LogP contribution in [0.25, 0.3) is 11.0 Å². The molecule has 2 aromatic rings. The molecule has 2 aromatic heterocycles. The van der Waals surface area contributed by atoms with Gasteiger partial charge in [-0.15, -0.1) is 5.10 Å². The Bertz CT molecular complexity index is 540. The van der Waals surface area contributed by atoms with Crippen molar-refractivity contribution in [3.63, 3.8) is 0 Å². The topological polar surface area (TPSA) is 85.9 Å². The number of nitrogen functional groups attached to an aromatic ring is 1. The van der Waals surface area contributed by atoms with Crippen molar-refractivity contribution in [1.82, 2.24) is 14.8 Å². The minimum atomic E-state index is -0.260. The van der Waals surface area contributed by atoms with Crippen LogP contribution in [0.1, 0.15) is 0 Å². The van der Waals surface area contributed by atoms with Crippen LogP contribution in [0.15, 0.2) is 11.0 Å². The van der Waals surface area contributed by atoms with Crippen LogP contribution in [0.2, 0.25) is 0 Å². The van der Waals surface area contributed by atoms with E-state index in [2.05, 4.69) is 10.1 Å². The summed E-state index contributed by atoms with van der Waals surface area (Å²) in [5, 5.41) is 4.40. The lowest BCUT2D eigenvalue weighted by Gasteiger charge is -1.95. The minimum Gasteiger partial charge on any atom is -0.479 e. The first-order valence-corrected chi connectivity index (χ1v) is 4.03. The van der Waals surface area contributed by atoms with Crippen LogP contribution in [0.5, 0.6) is 5.88 Å². The Morgan fingerprint density at radius 2 is 2.36 bits per heavy atom. The van der Waals surface area contributed by atoms with E-state index in [0.717, 1.165) is 0 Å². The average molecular weight is 194 g/mol. The van der Waals surface area contributed by atoms with Crippen molar-refractivity contribution in [2.45, 2.75) is 0 Å². The van der Waals surface area contributed by atoms with Gasteiger partial charge in [-0.25, -0.2) is 4.68 Å². The SMILES string of the molecule is COc1nn(C)c2[nH]cc(N)c(=O)c12. The summed E-state index contributed by atoms with van der Waals surface area (Å²) >= 11 is 0. The van der Waals surface area contributed by atoms with Crippen LogP contribution in [0, 0.1) is 0 Å². The number of methoxy groups -OCH3 is 1. The number of rotatable bonds is 1. The third-order valence-corrected chi connectivity index (χ3v) is 2.06. The quantitative estimate of drug-likeness (QED) is 0.661. The van der Waals surface area contributed by atoms with E-state index in [1.807, 2.05) is 0 Å². The molecule has 0 bridgehead atoms. The normalized spacial score (nSPS) is 10.7. The summed E-state index contributed by atoms with van der Waals surface area (Å²) in [5.74, 6) is 0.288. The highest BCUT2D eigenvalue weighted by molar-refractivity contribution is 5.83. The number of aryl methyl sites for hydroxylation is 1. The second kappa shape index (κ2) is 2.76. The fourth-order valence-corrected chi connectivity index (χ4v) is 1.37. The number of fused-ring (bicyclic) bond motifs is 1. The molecule has 0 spiro atoms. The molecule has 0 fully saturated rings. The number of anilines is 1. The monoisotopic (exact) mass is 194 g/mol. The molecule has 74 valence electrons. The Labute approximate surface area is 79.3 Å². The Balaban J connectivity index is 2.99. The number of hydrogen-bond donors (Lipinski definition) is 2. The maximum Gasteiger partial charge on any atom is 0.246 e. The molecule has 0 radical (unpaired) electrons. The average Bonchev–Trinajstić information content (AvgIpc) is 2.50. The third-order valence-electron chi connectivity index (χ3n) is 2.06. The summed E-state index contributed by atoms with van der Waals surface area (Å²) in [6, 6.07) is 0. The summed E-state index contributed by atoms with van der Waals surface area (Å²) in [5.41, 5.74) is 5.98. The summed E-state index contributed by atoms with van der Waals surface area (Å²) < 4.78 is 6.51. The van der Waals surface area contributed by atoms with Gasteiger partial charge in [0, 0.05) is 13.2 Å². The Morgan fingerprint density at radius 3 is 3.00 bits per heavy atom. The van der Waals surface area contributed by atoms with Gasteiger partial charge in [0.2, 0.25) is 11.3 Å². The lowest BCUT2D eigenvalue weighted by atomic mass is 10.3. The number of nitrogens with two attached hydrogens (primary N) is 1. The second-order valence-corrected chi connectivity index (χ2v) is 2.93. The Morgan fingerprint density at radius 1 is 1.64 bits per heavy atom. The van der Waals surface area contributed by atoms with Gasteiger partial charge in [0.05, 0.1) is 12.8 Å². The van der Waals surface area contributed by atoms with Crippen molar-refractivity contribution < 1.29 is 4.74 Å². The molecule has 14 heavy (non-hydrogen) atoms. The lowest BCUT2D eigenvalue weighted by molar-refractivity contribution is 0.396. The van der Waals surface area contributed by atoms with E-state index in [0.29, 0.717) is 11.0 Å². The molecule has 6 nitrogen and oxygen atoms in total. The molecule has 0 aromatic carbocycles. The van der Waals surface area contributed by atoms with Crippen LogP contribution >= 0.6 is 0 Å². The van der Waals surface area contributed by atoms with E-state index in [9.17, 15) is 4.79 Å². The van der Waals surface area contributed by atoms with E-state index < -0.39 is 0 Å². The molecule has 0 aliphatic carbocycles. The van der Waals surface area contributed by atoms with E-state index >= 15 is 0 Å². The van der Waals surface area contributed by atoms with Crippen molar-refractivity contribution in [2.75, 3.05) is 12.8 Å². The molecule has 0 amide bonds. The number of nitrogens with zero attached hydrogens (tertiary/aromatic N) is 2. The summed E-state index contributed by atoms with van der Waals surface area (Å²) in [6.45, 7) is 0. The molecule has 0 saturated carbocycles. The van der Waals surface area contributed by atoms with Crippen LogP contribution in [-0.4, -0.2) is 21.9 Å². The van der Waals surface area contributed by atoms with E-state index in [1.54, 1.807) is 7.05 Å². The van der Waals surface area contributed by atoms with Gasteiger partial charge in [-0.2, -0.15) is 0 Å². The molecule has 0 aliphatic rings. The van der Waals surface area contributed by atoms with Crippen LogP contribution < -0.4 is 15.9 Å². The van der Waals surface area contributed by atoms with Gasteiger partial charge in [0.25, 0.3) is 0 Å².